The highest BCUT2D eigenvalue weighted by atomic mass is 16.5. The van der Waals surface area contributed by atoms with Crippen molar-refractivity contribution in [3.05, 3.63) is 17.6 Å². The fourth-order valence-electron chi connectivity index (χ4n) is 1.68. The number of hydrogen-bond donors (Lipinski definition) is 1. The largest absolute Gasteiger partial charge is 0.464 e. The maximum atomic E-state index is 11.5. The lowest BCUT2D eigenvalue weighted by Crippen LogP contribution is -2.26. The van der Waals surface area contributed by atoms with Crippen LogP contribution in [0.15, 0.2) is 6.33 Å². The Bertz CT molecular complexity index is 475. The molecular weight excluding hydrogens is 224 g/mol. The van der Waals surface area contributed by atoms with E-state index in [0.717, 1.165) is 0 Å². The van der Waals surface area contributed by atoms with Crippen molar-refractivity contribution in [2.45, 2.75) is 6.54 Å². The van der Waals surface area contributed by atoms with Gasteiger partial charge in [-0.2, -0.15) is 0 Å². The van der Waals surface area contributed by atoms with Crippen molar-refractivity contribution in [2.24, 2.45) is 0 Å². The minimum absolute atomic E-state index is 0.166. The summed E-state index contributed by atoms with van der Waals surface area (Å²) in [5, 5.41) is 2.63. The van der Waals surface area contributed by atoms with Crippen molar-refractivity contribution in [2.75, 3.05) is 26.0 Å². The molecule has 2 heterocycles. The number of esters is 1. The molecular formula is C10H12N4O3. The number of aromatic nitrogens is 2. The summed E-state index contributed by atoms with van der Waals surface area (Å²) >= 11 is 0. The van der Waals surface area contributed by atoms with Crippen molar-refractivity contribution in [1.29, 1.82) is 0 Å². The number of fused-ring (bicyclic) bond motifs is 1. The molecule has 0 saturated heterocycles. The van der Waals surface area contributed by atoms with Gasteiger partial charge in [-0.15, -0.1) is 0 Å². The van der Waals surface area contributed by atoms with E-state index in [2.05, 4.69) is 20.0 Å². The number of ether oxygens (including phenoxy) is 1. The van der Waals surface area contributed by atoms with E-state index in [0.29, 0.717) is 17.9 Å². The third-order valence-electron chi connectivity index (χ3n) is 2.42. The van der Waals surface area contributed by atoms with E-state index in [9.17, 15) is 9.59 Å². The molecule has 0 spiro atoms. The summed E-state index contributed by atoms with van der Waals surface area (Å²) < 4.78 is 4.64. The van der Waals surface area contributed by atoms with Crippen LogP contribution >= 0.6 is 0 Å². The second-order valence-electron chi connectivity index (χ2n) is 3.76. The number of nitrogens with zero attached hydrogens (tertiary/aromatic N) is 3. The molecule has 90 valence electrons. The van der Waals surface area contributed by atoms with Crippen LogP contribution < -0.4 is 5.32 Å². The predicted molar refractivity (Wildman–Crippen MR) is 58.3 cm³/mol. The zero-order valence-corrected chi connectivity index (χ0v) is 9.56. The Hall–Kier alpha value is -2.02. The quantitative estimate of drug-likeness (QED) is 0.671. The predicted octanol–water partition coefficient (Wildman–Crippen LogP) is -0.353. The molecule has 1 amide bonds. The lowest BCUT2D eigenvalue weighted by atomic mass is 10.2. The highest BCUT2D eigenvalue weighted by molar-refractivity contribution is 5.96. The van der Waals surface area contributed by atoms with Crippen LogP contribution in [-0.2, 0) is 16.1 Å². The van der Waals surface area contributed by atoms with E-state index in [1.165, 1.54) is 13.4 Å². The smallest absolute Gasteiger partial charge is 0.357 e. The number of nitrogens with one attached hydrogen (secondary N) is 1. The molecule has 1 aliphatic heterocycles. The number of rotatable bonds is 1. The molecule has 0 unspecified atom stereocenters. The third kappa shape index (κ3) is 2.23. The third-order valence-corrected chi connectivity index (χ3v) is 2.42. The lowest BCUT2D eigenvalue weighted by Gasteiger charge is -2.12. The van der Waals surface area contributed by atoms with Gasteiger partial charge < -0.3 is 10.1 Å². The summed E-state index contributed by atoms with van der Waals surface area (Å²) in [5.74, 6) is -0.330. The SMILES string of the molecule is COC(=O)c1ncnc2c1CN(C)CC(=O)N2. The minimum Gasteiger partial charge on any atom is -0.464 e. The summed E-state index contributed by atoms with van der Waals surface area (Å²) in [4.78, 5) is 32.7. The van der Waals surface area contributed by atoms with Crippen LogP contribution in [0.25, 0.3) is 0 Å². The summed E-state index contributed by atoms with van der Waals surface area (Å²) in [6, 6.07) is 0. The first-order valence-electron chi connectivity index (χ1n) is 5.02. The molecule has 1 aromatic rings. The first-order chi connectivity index (χ1) is 8.11. The second-order valence-corrected chi connectivity index (χ2v) is 3.76. The zero-order valence-electron chi connectivity index (χ0n) is 9.56. The van der Waals surface area contributed by atoms with Gasteiger partial charge in [-0.05, 0) is 7.05 Å². The average Bonchev–Trinajstić information content (AvgIpc) is 2.43. The molecule has 7 heteroatoms. The number of carbonyl (C=O) groups is 2. The number of methoxy groups -OCH3 is 1. The normalized spacial score (nSPS) is 15.8. The van der Waals surface area contributed by atoms with Crippen molar-refractivity contribution in [3.8, 4) is 0 Å². The Morgan fingerprint density at radius 1 is 1.47 bits per heavy atom. The van der Waals surface area contributed by atoms with Gasteiger partial charge in [-0.1, -0.05) is 0 Å². The van der Waals surface area contributed by atoms with Gasteiger partial charge >= 0.3 is 5.97 Å². The van der Waals surface area contributed by atoms with Gasteiger partial charge in [0.25, 0.3) is 0 Å². The number of anilines is 1. The van der Waals surface area contributed by atoms with Gasteiger partial charge in [0.2, 0.25) is 5.91 Å². The van der Waals surface area contributed by atoms with E-state index in [-0.39, 0.29) is 18.1 Å². The molecule has 0 aromatic carbocycles. The van der Waals surface area contributed by atoms with Crippen LogP contribution in [0.5, 0.6) is 0 Å². The van der Waals surface area contributed by atoms with Gasteiger partial charge in [0.05, 0.1) is 13.7 Å². The van der Waals surface area contributed by atoms with Crippen molar-refractivity contribution >= 4 is 17.7 Å². The Kier molecular flexibility index (Phi) is 3.01. The van der Waals surface area contributed by atoms with Crippen LogP contribution in [0.4, 0.5) is 5.82 Å². The van der Waals surface area contributed by atoms with E-state index in [1.807, 2.05) is 0 Å². The molecule has 0 radical (unpaired) electrons. The summed E-state index contributed by atoms with van der Waals surface area (Å²) in [5.41, 5.74) is 0.763. The molecule has 1 aromatic heterocycles. The standard InChI is InChI=1S/C10H12N4O3/c1-14-3-6-8(10(16)17-2)11-5-12-9(6)13-7(15)4-14/h5H,3-4H2,1-2H3,(H,11,12,13,15). The monoisotopic (exact) mass is 236 g/mol. The number of hydrogen-bond acceptors (Lipinski definition) is 6. The molecule has 0 saturated carbocycles. The van der Waals surface area contributed by atoms with Gasteiger partial charge in [-0.25, -0.2) is 14.8 Å². The van der Waals surface area contributed by atoms with Gasteiger partial charge in [-0.3, -0.25) is 9.69 Å². The van der Waals surface area contributed by atoms with Crippen LogP contribution in [0.3, 0.4) is 0 Å². The van der Waals surface area contributed by atoms with Crippen molar-refractivity contribution in [1.82, 2.24) is 14.9 Å². The molecule has 7 nitrogen and oxygen atoms in total. The Labute approximate surface area is 97.8 Å². The molecule has 0 bridgehead atoms. The van der Waals surface area contributed by atoms with E-state index in [4.69, 9.17) is 0 Å². The number of amides is 1. The average molecular weight is 236 g/mol. The number of likely N-dealkylation sites (N-methyl/N-ethyl adjacent to an activating group) is 1. The van der Waals surface area contributed by atoms with Crippen LogP contribution in [-0.4, -0.2) is 47.4 Å². The van der Waals surface area contributed by atoms with Crippen molar-refractivity contribution < 1.29 is 14.3 Å². The number of carbonyl (C=O) groups excluding carboxylic acids is 2. The highest BCUT2D eigenvalue weighted by Gasteiger charge is 2.24. The topological polar surface area (TPSA) is 84.4 Å². The van der Waals surface area contributed by atoms with Crippen LogP contribution in [0.2, 0.25) is 0 Å². The molecule has 0 aliphatic carbocycles. The Morgan fingerprint density at radius 3 is 2.94 bits per heavy atom. The van der Waals surface area contributed by atoms with E-state index in [1.54, 1.807) is 11.9 Å². The molecule has 1 aliphatic rings. The van der Waals surface area contributed by atoms with Crippen LogP contribution in [0.1, 0.15) is 16.1 Å². The first-order valence-corrected chi connectivity index (χ1v) is 5.02. The molecule has 0 atom stereocenters. The molecule has 0 fully saturated rings. The summed E-state index contributed by atoms with van der Waals surface area (Å²) in [6.45, 7) is 0.663. The maximum absolute atomic E-state index is 11.5. The molecule has 1 N–H and O–H groups in total. The van der Waals surface area contributed by atoms with E-state index < -0.39 is 5.97 Å². The van der Waals surface area contributed by atoms with Gasteiger partial charge in [0.1, 0.15) is 12.1 Å². The van der Waals surface area contributed by atoms with Gasteiger partial charge in [0.15, 0.2) is 5.69 Å². The molecule has 17 heavy (non-hydrogen) atoms. The Morgan fingerprint density at radius 2 is 2.24 bits per heavy atom. The molecule has 2 rings (SSSR count). The fourth-order valence-corrected chi connectivity index (χ4v) is 1.68. The van der Waals surface area contributed by atoms with Crippen molar-refractivity contribution in [3.63, 3.8) is 0 Å². The van der Waals surface area contributed by atoms with Crippen LogP contribution in [0, 0.1) is 0 Å². The first kappa shape index (κ1) is 11.5. The highest BCUT2D eigenvalue weighted by Crippen LogP contribution is 2.20. The van der Waals surface area contributed by atoms with E-state index >= 15 is 0 Å². The minimum atomic E-state index is -0.534. The second kappa shape index (κ2) is 4.46. The van der Waals surface area contributed by atoms with Gasteiger partial charge in [0, 0.05) is 12.1 Å². The summed E-state index contributed by atoms with van der Waals surface area (Å²) in [7, 11) is 3.07. The zero-order chi connectivity index (χ0) is 12.4. The maximum Gasteiger partial charge on any atom is 0.357 e. The summed E-state index contributed by atoms with van der Waals surface area (Å²) in [6.07, 6.45) is 1.23. The lowest BCUT2D eigenvalue weighted by molar-refractivity contribution is -0.116. The Balaban J connectivity index is 2.49. The fraction of sp³-hybridized carbons (Fsp3) is 0.400.